The van der Waals surface area contributed by atoms with E-state index in [1.54, 1.807) is 12.1 Å². The first-order valence-electron chi connectivity index (χ1n) is 5.20. The van der Waals surface area contributed by atoms with Gasteiger partial charge in [0, 0.05) is 16.7 Å². The van der Waals surface area contributed by atoms with Gasteiger partial charge in [-0.1, -0.05) is 29.8 Å². The molecular weight excluding hydrogens is 252 g/mol. The summed E-state index contributed by atoms with van der Waals surface area (Å²) in [6.45, 7) is 2.00. The number of carbonyl (C=O) groups is 1. The van der Waals surface area contributed by atoms with E-state index in [2.05, 4.69) is 4.98 Å². The Kier molecular flexibility index (Phi) is 5.14. The molecule has 0 unspecified atom stereocenters. The number of nitrogens with two attached hydrogens (primary N) is 1. The predicted octanol–water partition coefficient (Wildman–Crippen LogP) is 1.09. The van der Waals surface area contributed by atoms with Crippen molar-refractivity contribution in [2.75, 3.05) is 5.73 Å². The normalized spacial score (nSPS) is 9.22. The van der Waals surface area contributed by atoms with E-state index in [-0.39, 0.29) is 10.6 Å². The van der Waals surface area contributed by atoms with Gasteiger partial charge in [0.05, 0.1) is 12.2 Å². The molecule has 0 saturated carbocycles. The molecule has 94 valence electrons. The van der Waals surface area contributed by atoms with Gasteiger partial charge in [-0.3, -0.25) is 5.73 Å². The summed E-state index contributed by atoms with van der Waals surface area (Å²) in [6, 6.07) is 10.0. The number of hydrogen-bond donors (Lipinski definition) is 1. The third kappa shape index (κ3) is 4.43. The van der Waals surface area contributed by atoms with E-state index in [1.807, 2.05) is 25.3 Å². The van der Waals surface area contributed by atoms with Crippen LogP contribution in [-0.4, -0.2) is 5.97 Å². The number of pyridine rings is 1. The number of H-pyrrole nitrogens is 1. The first kappa shape index (κ1) is 14.0. The molecule has 4 nitrogen and oxygen atoms in total. The second-order valence-corrected chi connectivity index (χ2v) is 4.00. The smallest absolute Gasteiger partial charge is 0.270 e. The van der Waals surface area contributed by atoms with Crippen molar-refractivity contribution in [2.24, 2.45) is 0 Å². The molecule has 1 heterocycles. The minimum atomic E-state index is -1.24. The number of anilines is 1. The highest BCUT2D eigenvalue weighted by Gasteiger charge is 1.96. The van der Waals surface area contributed by atoms with Crippen LogP contribution in [0.1, 0.15) is 15.9 Å². The lowest BCUT2D eigenvalue weighted by Gasteiger charge is -2.02. The van der Waals surface area contributed by atoms with Crippen LogP contribution >= 0.6 is 11.6 Å². The Labute approximate surface area is 110 Å². The monoisotopic (exact) mass is 264 g/mol. The van der Waals surface area contributed by atoms with Crippen LogP contribution in [0.4, 0.5) is 5.82 Å². The maximum absolute atomic E-state index is 10.2. The van der Waals surface area contributed by atoms with E-state index in [0.29, 0.717) is 5.82 Å². The minimum Gasteiger partial charge on any atom is -0.545 e. The van der Waals surface area contributed by atoms with Crippen molar-refractivity contribution in [3.8, 4) is 0 Å². The third-order valence-corrected chi connectivity index (χ3v) is 2.40. The van der Waals surface area contributed by atoms with Crippen molar-refractivity contribution < 1.29 is 14.9 Å². The number of aromatic carboxylic acids is 1. The molecule has 1 aromatic heterocycles. The Bertz CT molecular complexity index is 527. The fourth-order valence-electron chi connectivity index (χ4n) is 1.23. The number of aromatic nitrogens is 1. The fraction of sp³-hybridized carbons (Fsp3) is 0.0769. The molecule has 0 aliphatic rings. The Morgan fingerprint density at radius 2 is 2.00 bits per heavy atom. The van der Waals surface area contributed by atoms with Gasteiger partial charge < -0.3 is 9.90 Å². The molecule has 0 fully saturated rings. The maximum Gasteiger partial charge on any atom is 0.270 e. The van der Waals surface area contributed by atoms with Crippen LogP contribution in [0.2, 0.25) is 5.02 Å². The number of carboxylic acids is 1. The first-order chi connectivity index (χ1) is 8.50. The van der Waals surface area contributed by atoms with Gasteiger partial charge in [0.25, 0.3) is 5.82 Å². The molecule has 0 saturated heterocycles. The largest absolute Gasteiger partial charge is 0.545 e. The summed E-state index contributed by atoms with van der Waals surface area (Å²) in [5.74, 6) is -0.532. The summed E-state index contributed by atoms with van der Waals surface area (Å²) in [5.41, 5.74) is 6.62. The number of nitrogen functional groups attached to an aromatic ring is 1. The summed E-state index contributed by atoms with van der Waals surface area (Å²) < 4.78 is 0. The molecule has 0 atom stereocenters. The molecule has 1 aromatic carbocycles. The number of aromatic amines is 1. The van der Waals surface area contributed by atoms with Gasteiger partial charge in [0.2, 0.25) is 0 Å². The zero-order valence-corrected chi connectivity index (χ0v) is 10.6. The Morgan fingerprint density at radius 3 is 2.39 bits per heavy atom. The van der Waals surface area contributed by atoms with E-state index in [0.717, 1.165) is 0 Å². The molecule has 0 radical (unpaired) electrons. The molecule has 0 aliphatic carbocycles. The second-order valence-electron chi connectivity index (χ2n) is 3.59. The standard InChI is InChI=1S/C7H5ClO2.C6H8N2/c8-6-4-2-1-3-5(6)7(9)10;1-5-2-3-8-6(7)4-5/h1-4H,(H,9,10);2-4H,1H3,(H2,7,8). The van der Waals surface area contributed by atoms with Crippen LogP contribution in [0.3, 0.4) is 0 Å². The van der Waals surface area contributed by atoms with Crippen LogP contribution in [0.25, 0.3) is 0 Å². The molecule has 5 heteroatoms. The van der Waals surface area contributed by atoms with Crippen molar-refractivity contribution in [1.82, 2.24) is 0 Å². The number of halogens is 1. The lowest BCUT2D eigenvalue weighted by molar-refractivity contribution is -0.360. The summed E-state index contributed by atoms with van der Waals surface area (Å²) in [4.78, 5) is 13.1. The molecule has 18 heavy (non-hydrogen) atoms. The first-order valence-corrected chi connectivity index (χ1v) is 5.58. The van der Waals surface area contributed by atoms with Gasteiger partial charge >= 0.3 is 0 Å². The summed E-state index contributed by atoms with van der Waals surface area (Å²) >= 11 is 5.50. The Morgan fingerprint density at radius 1 is 1.33 bits per heavy atom. The summed E-state index contributed by atoms with van der Waals surface area (Å²) in [6.07, 6.45) is 1.82. The van der Waals surface area contributed by atoms with Crippen molar-refractivity contribution in [2.45, 2.75) is 6.92 Å². The van der Waals surface area contributed by atoms with Gasteiger partial charge in [0.15, 0.2) is 0 Å². The van der Waals surface area contributed by atoms with Gasteiger partial charge in [-0.25, -0.2) is 4.98 Å². The fourth-order valence-corrected chi connectivity index (χ4v) is 1.44. The quantitative estimate of drug-likeness (QED) is 0.837. The van der Waals surface area contributed by atoms with E-state index >= 15 is 0 Å². The molecule has 2 aromatic rings. The highest BCUT2D eigenvalue weighted by molar-refractivity contribution is 6.33. The topological polar surface area (TPSA) is 80.3 Å². The van der Waals surface area contributed by atoms with Crippen LogP contribution in [0.15, 0.2) is 42.6 Å². The van der Waals surface area contributed by atoms with Crippen LogP contribution in [0, 0.1) is 6.92 Å². The minimum absolute atomic E-state index is 0.0316. The number of benzene rings is 1. The number of rotatable bonds is 1. The number of carboxylic acid groups (broad SMARTS) is 1. The van der Waals surface area contributed by atoms with E-state index < -0.39 is 5.97 Å². The predicted molar refractivity (Wildman–Crippen MR) is 67.9 cm³/mol. The molecular formula is C13H13ClN2O2. The Hall–Kier alpha value is -2.07. The number of nitrogens with one attached hydrogen (secondary N) is 1. The lowest BCUT2D eigenvalue weighted by atomic mass is 10.2. The second kappa shape index (κ2) is 6.61. The number of hydrogen-bond acceptors (Lipinski definition) is 3. The molecule has 2 rings (SSSR count). The van der Waals surface area contributed by atoms with E-state index in [9.17, 15) is 9.90 Å². The zero-order valence-electron chi connectivity index (χ0n) is 9.81. The molecule has 3 N–H and O–H groups in total. The Balaban J connectivity index is 0.000000184. The third-order valence-electron chi connectivity index (χ3n) is 2.07. The van der Waals surface area contributed by atoms with Crippen molar-refractivity contribution in [1.29, 1.82) is 0 Å². The van der Waals surface area contributed by atoms with Gasteiger partial charge in [-0.05, 0) is 24.6 Å². The van der Waals surface area contributed by atoms with E-state index in [4.69, 9.17) is 17.3 Å². The SMILES string of the molecule is Cc1cc[nH+]c(N)c1.O=C([O-])c1ccccc1Cl. The van der Waals surface area contributed by atoms with Crippen molar-refractivity contribution in [3.05, 3.63) is 58.7 Å². The molecule has 0 aliphatic heterocycles. The molecule has 0 amide bonds. The molecule has 0 bridgehead atoms. The highest BCUT2D eigenvalue weighted by atomic mass is 35.5. The van der Waals surface area contributed by atoms with Gasteiger partial charge in [0.1, 0.15) is 0 Å². The summed E-state index contributed by atoms with van der Waals surface area (Å²) in [5, 5.41) is 10.4. The average molecular weight is 265 g/mol. The van der Waals surface area contributed by atoms with Crippen LogP contribution < -0.4 is 15.8 Å². The van der Waals surface area contributed by atoms with Crippen molar-refractivity contribution in [3.63, 3.8) is 0 Å². The van der Waals surface area contributed by atoms with Gasteiger partial charge in [-0.2, -0.15) is 0 Å². The zero-order chi connectivity index (χ0) is 13.5. The average Bonchev–Trinajstić information content (AvgIpc) is 2.29. The van der Waals surface area contributed by atoms with Crippen LogP contribution in [-0.2, 0) is 0 Å². The van der Waals surface area contributed by atoms with Crippen LogP contribution in [0.5, 0.6) is 0 Å². The number of carbonyl (C=O) groups excluding carboxylic acids is 1. The molecule has 0 spiro atoms. The lowest BCUT2D eigenvalue weighted by Crippen LogP contribution is -2.22. The van der Waals surface area contributed by atoms with Crippen molar-refractivity contribution >= 4 is 23.4 Å². The highest BCUT2D eigenvalue weighted by Crippen LogP contribution is 2.12. The number of aryl methyl sites for hydroxylation is 1. The van der Waals surface area contributed by atoms with E-state index in [1.165, 1.54) is 17.7 Å². The maximum atomic E-state index is 10.2. The summed E-state index contributed by atoms with van der Waals surface area (Å²) in [7, 11) is 0. The van der Waals surface area contributed by atoms with Gasteiger partial charge in [-0.15, -0.1) is 0 Å².